The fourth-order valence-electron chi connectivity index (χ4n) is 2.71. The summed E-state index contributed by atoms with van der Waals surface area (Å²) in [7, 11) is 0. The van der Waals surface area contributed by atoms with Gasteiger partial charge in [-0.2, -0.15) is 0 Å². The Hall–Kier alpha value is -2.00. The van der Waals surface area contributed by atoms with Crippen molar-refractivity contribution >= 4 is 10.9 Å². The third kappa shape index (κ3) is 3.56. The molecule has 110 valence electrons. The molecule has 3 aromatic rings. The van der Waals surface area contributed by atoms with Crippen LogP contribution in [0.4, 0.5) is 0 Å². The first-order valence-corrected chi connectivity index (χ1v) is 7.63. The Labute approximate surface area is 125 Å². The van der Waals surface area contributed by atoms with Crippen LogP contribution in [0.2, 0.25) is 0 Å². The van der Waals surface area contributed by atoms with Crippen molar-refractivity contribution in [3.05, 3.63) is 60.2 Å². The summed E-state index contributed by atoms with van der Waals surface area (Å²) in [5.74, 6) is 1.07. The smallest absolute Gasteiger partial charge is 0.103 e. The van der Waals surface area contributed by atoms with Gasteiger partial charge in [-0.1, -0.05) is 18.2 Å². The van der Waals surface area contributed by atoms with E-state index < -0.39 is 0 Å². The maximum Gasteiger partial charge on any atom is 0.103 e. The molecule has 0 bridgehead atoms. The highest BCUT2D eigenvalue weighted by molar-refractivity contribution is 5.83. The average Bonchev–Trinajstić information content (AvgIpc) is 3.15. The van der Waals surface area contributed by atoms with Crippen molar-refractivity contribution in [2.24, 2.45) is 0 Å². The number of furan rings is 1. The topological polar surface area (TPSA) is 41.0 Å². The molecule has 1 aromatic carbocycles. The summed E-state index contributed by atoms with van der Waals surface area (Å²) in [5, 5.41) is 4.93. The predicted molar refractivity (Wildman–Crippen MR) is 86.5 cm³/mol. The van der Waals surface area contributed by atoms with E-state index in [0.29, 0.717) is 6.04 Å². The average molecular weight is 282 g/mol. The lowest BCUT2D eigenvalue weighted by Gasteiger charge is -2.12. The number of aryl methyl sites for hydroxylation is 1. The van der Waals surface area contributed by atoms with Gasteiger partial charge in [0.25, 0.3) is 0 Å². The van der Waals surface area contributed by atoms with Gasteiger partial charge in [0.1, 0.15) is 5.76 Å². The van der Waals surface area contributed by atoms with E-state index >= 15 is 0 Å². The Morgan fingerprint density at radius 3 is 2.90 bits per heavy atom. The van der Waals surface area contributed by atoms with Gasteiger partial charge in [0, 0.05) is 29.6 Å². The minimum absolute atomic E-state index is 0.500. The maximum absolute atomic E-state index is 5.36. The SMILES string of the molecule is CC(CCc1ccco1)NCCc1c[nH]c2ccccc12. The molecule has 0 amide bonds. The highest BCUT2D eigenvalue weighted by Crippen LogP contribution is 2.17. The maximum atomic E-state index is 5.36. The largest absolute Gasteiger partial charge is 0.469 e. The molecule has 2 heterocycles. The van der Waals surface area contributed by atoms with E-state index in [1.807, 2.05) is 12.1 Å². The molecular weight excluding hydrogens is 260 g/mol. The second-order valence-corrected chi connectivity index (χ2v) is 5.58. The van der Waals surface area contributed by atoms with Gasteiger partial charge in [-0.25, -0.2) is 0 Å². The lowest BCUT2D eigenvalue weighted by atomic mass is 10.1. The third-order valence-electron chi connectivity index (χ3n) is 3.97. The van der Waals surface area contributed by atoms with Crippen LogP contribution in [-0.2, 0) is 12.8 Å². The van der Waals surface area contributed by atoms with Crippen LogP contribution in [0.3, 0.4) is 0 Å². The van der Waals surface area contributed by atoms with E-state index in [9.17, 15) is 0 Å². The molecule has 21 heavy (non-hydrogen) atoms. The van der Waals surface area contributed by atoms with Crippen molar-refractivity contribution in [2.75, 3.05) is 6.54 Å². The first-order chi connectivity index (χ1) is 10.3. The highest BCUT2D eigenvalue weighted by Gasteiger charge is 2.05. The summed E-state index contributed by atoms with van der Waals surface area (Å²) in [4.78, 5) is 3.33. The number of fused-ring (bicyclic) bond motifs is 1. The zero-order valence-corrected chi connectivity index (χ0v) is 12.4. The molecule has 3 heteroatoms. The number of nitrogens with one attached hydrogen (secondary N) is 2. The Morgan fingerprint density at radius 1 is 1.14 bits per heavy atom. The van der Waals surface area contributed by atoms with Crippen molar-refractivity contribution in [2.45, 2.75) is 32.2 Å². The molecule has 0 aliphatic carbocycles. The van der Waals surface area contributed by atoms with Crippen LogP contribution in [0.15, 0.2) is 53.3 Å². The number of H-pyrrole nitrogens is 1. The van der Waals surface area contributed by atoms with E-state index in [4.69, 9.17) is 4.42 Å². The van der Waals surface area contributed by atoms with Gasteiger partial charge >= 0.3 is 0 Å². The molecule has 0 aliphatic rings. The van der Waals surface area contributed by atoms with Crippen LogP contribution in [0, 0.1) is 0 Å². The number of hydrogen-bond acceptors (Lipinski definition) is 2. The molecular formula is C18H22N2O. The van der Waals surface area contributed by atoms with Crippen LogP contribution in [0.5, 0.6) is 0 Å². The van der Waals surface area contributed by atoms with Gasteiger partial charge in [-0.15, -0.1) is 0 Å². The molecule has 0 saturated heterocycles. The Morgan fingerprint density at radius 2 is 2.05 bits per heavy atom. The molecule has 0 radical (unpaired) electrons. The van der Waals surface area contributed by atoms with Crippen LogP contribution < -0.4 is 5.32 Å². The van der Waals surface area contributed by atoms with Crippen molar-refractivity contribution in [1.82, 2.24) is 10.3 Å². The molecule has 1 unspecified atom stereocenters. The van der Waals surface area contributed by atoms with Gasteiger partial charge in [0.15, 0.2) is 0 Å². The number of rotatable bonds is 7. The number of aromatic amines is 1. The quantitative estimate of drug-likeness (QED) is 0.689. The molecule has 0 spiro atoms. The highest BCUT2D eigenvalue weighted by atomic mass is 16.3. The van der Waals surface area contributed by atoms with Crippen LogP contribution in [0.25, 0.3) is 10.9 Å². The normalized spacial score (nSPS) is 12.8. The lowest BCUT2D eigenvalue weighted by molar-refractivity contribution is 0.462. The summed E-state index contributed by atoms with van der Waals surface area (Å²) in [6, 6.07) is 13.0. The van der Waals surface area contributed by atoms with Gasteiger partial charge in [-0.3, -0.25) is 0 Å². The zero-order valence-electron chi connectivity index (χ0n) is 12.4. The second kappa shape index (κ2) is 6.64. The zero-order chi connectivity index (χ0) is 14.5. The standard InChI is InChI=1S/C18H22N2O/c1-14(8-9-16-5-4-12-21-16)19-11-10-15-13-20-18-7-3-2-6-17(15)18/h2-7,12-14,19-20H,8-11H2,1H3. The summed E-state index contributed by atoms with van der Waals surface area (Å²) in [6.45, 7) is 3.24. The van der Waals surface area contributed by atoms with Crippen LogP contribution >= 0.6 is 0 Å². The fourth-order valence-corrected chi connectivity index (χ4v) is 2.71. The van der Waals surface area contributed by atoms with Crippen molar-refractivity contribution < 1.29 is 4.42 Å². The first kappa shape index (κ1) is 14.0. The number of aromatic nitrogens is 1. The van der Waals surface area contributed by atoms with Gasteiger partial charge in [-0.05, 0) is 50.1 Å². The van der Waals surface area contributed by atoms with E-state index in [1.165, 1.54) is 16.5 Å². The predicted octanol–water partition coefficient (Wildman–Crippen LogP) is 3.91. The van der Waals surface area contributed by atoms with Crippen LogP contribution in [-0.4, -0.2) is 17.6 Å². The molecule has 0 fully saturated rings. The third-order valence-corrected chi connectivity index (χ3v) is 3.97. The summed E-state index contributed by atoms with van der Waals surface area (Å²) in [6.07, 6.45) is 7.01. The van der Waals surface area contributed by atoms with Gasteiger partial charge in [0.05, 0.1) is 6.26 Å². The van der Waals surface area contributed by atoms with Crippen LogP contribution in [0.1, 0.15) is 24.7 Å². The van der Waals surface area contributed by atoms with Crippen molar-refractivity contribution in [3.63, 3.8) is 0 Å². The second-order valence-electron chi connectivity index (χ2n) is 5.58. The Balaban J connectivity index is 1.45. The van der Waals surface area contributed by atoms with Gasteiger partial charge < -0.3 is 14.7 Å². The van der Waals surface area contributed by atoms with Crippen molar-refractivity contribution in [1.29, 1.82) is 0 Å². The molecule has 0 saturated carbocycles. The minimum Gasteiger partial charge on any atom is -0.469 e. The first-order valence-electron chi connectivity index (χ1n) is 7.63. The monoisotopic (exact) mass is 282 g/mol. The minimum atomic E-state index is 0.500. The molecule has 1 atom stereocenters. The summed E-state index contributed by atoms with van der Waals surface area (Å²) in [5.41, 5.74) is 2.61. The number of benzene rings is 1. The van der Waals surface area contributed by atoms with E-state index in [2.05, 4.69) is 47.7 Å². The molecule has 0 aliphatic heterocycles. The molecule has 3 rings (SSSR count). The summed E-state index contributed by atoms with van der Waals surface area (Å²) >= 11 is 0. The summed E-state index contributed by atoms with van der Waals surface area (Å²) < 4.78 is 5.36. The van der Waals surface area contributed by atoms with E-state index in [1.54, 1.807) is 6.26 Å². The molecule has 3 nitrogen and oxygen atoms in total. The fraction of sp³-hybridized carbons (Fsp3) is 0.333. The van der Waals surface area contributed by atoms with E-state index in [-0.39, 0.29) is 0 Å². The Kier molecular flexibility index (Phi) is 4.41. The number of hydrogen-bond donors (Lipinski definition) is 2. The van der Waals surface area contributed by atoms with Gasteiger partial charge in [0.2, 0.25) is 0 Å². The van der Waals surface area contributed by atoms with E-state index in [0.717, 1.165) is 31.6 Å². The Bertz CT molecular complexity index is 669. The number of para-hydroxylation sites is 1. The van der Waals surface area contributed by atoms with Crippen molar-refractivity contribution in [3.8, 4) is 0 Å². The molecule has 2 aromatic heterocycles. The lowest BCUT2D eigenvalue weighted by Crippen LogP contribution is -2.28. The molecule has 2 N–H and O–H groups in total.